The van der Waals surface area contributed by atoms with Crippen molar-refractivity contribution in [1.82, 2.24) is 0 Å². The van der Waals surface area contributed by atoms with E-state index in [4.69, 9.17) is 11.6 Å². The zero-order valence-corrected chi connectivity index (χ0v) is 6.80. The second kappa shape index (κ2) is 2.69. The Morgan fingerprint density at radius 3 is 2.56 bits per heavy atom. The van der Waals surface area contributed by atoms with E-state index < -0.39 is 0 Å². The monoisotopic (exact) mass is 162 g/mol. The molecule has 1 nitrogen and oxygen atoms in total. The maximum Gasteiger partial charge on any atom is 0.116 e. The minimum atomic E-state index is 0.363. The van der Waals surface area contributed by atoms with Crippen molar-refractivity contribution in [1.29, 1.82) is 0 Å². The van der Waals surface area contributed by atoms with E-state index in [2.05, 4.69) is 12.7 Å². The topological polar surface area (TPSA) is 27.6 Å². The molecule has 0 saturated carbocycles. The van der Waals surface area contributed by atoms with Crippen LogP contribution in [-0.4, -0.2) is 0 Å². The van der Waals surface area contributed by atoms with Gasteiger partial charge < -0.3 is 5.73 Å². The average Bonchev–Trinajstić information content (AvgIpc) is 2.14. The highest BCUT2D eigenvalue weighted by Crippen LogP contribution is 2.24. The van der Waals surface area contributed by atoms with Crippen LogP contribution in [0.25, 0.3) is 0 Å². The average molecular weight is 163 g/mol. The van der Waals surface area contributed by atoms with Gasteiger partial charge in [-0.15, -0.1) is 11.3 Å². The van der Waals surface area contributed by atoms with E-state index >= 15 is 0 Å². The molecule has 1 atom stereocenters. The fraction of sp³-hybridized carbons (Fsp3) is 0.333. The molecule has 9 heavy (non-hydrogen) atoms. The van der Waals surface area contributed by atoms with Gasteiger partial charge in [-0.2, -0.15) is 0 Å². The van der Waals surface area contributed by atoms with Crippen molar-refractivity contribution in [2.75, 3.05) is 0 Å². The van der Waals surface area contributed by atoms with Crippen molar-refractivity contribution in [3.05, 3.63) is 21.3 Å². The molecule has 1 heterocycles. The molecule has 1 rings (SSSR count). The van der Waals surface area contributed by atoms with Crippen molar-refractivity contribution >= 4 is 22.9 Å². The third kappa shape index (κ3) is 1.68. The SMILES string of the molecule is C[C@H]([NH3+])c1ccc(Cl)s1. The summed E-state index contributed by atoms with van der Waals surface area (Å²) in [4.78, 5) is 1.25. The highest BCUT2D eigenvalue weighted by Gasteiger charge is 2.03. The Labute approximate surface area is 63.4 Å². The smallest absolute Gasteiger partial charge is 0.116 e. The fourth-order valence-electron chi connectivity index (χ4n) is 0.593. The molecule has 0 spiro atoms. The quantitative estimate of drug-likeness (QED) is 0.651. The number of hydrogen-bond acceptors (Lipinski definition) is 1. The summed E-state index contributed by atoms with van der Waals surface area (Å²) in [6.07, 6.45) is 0. The van der Waals surface area contributed by atoms with Gasteiger partial charge in [0.2, 0.25) is 0 Å². The van der Waals surface area contributed by atoms with Crippen LogP contribution >= 0.6 is 22.9 Å². The Balaban J connectivity index is 2.85. The van der Waals surface area contributed by atoms with Crippen LogP contribution in [0.2, 0.25) is 4.34 Å². The molecule has 0 unspecified atom stereocenters. The number of thiophene rings is 1. The van der Waals surface area contributed by atoms with Gasteiger partial charge >= 0.3 is 0 Å². The van der Waals surface area contributed by atoms with E-state index in [1.807, 2.05) is 12.1 Å². The first-order valence-corrected chi connectivity index (χ1v) is 3.98. The second-order valence-electron chi connectivity index (χ2n) is 2.04. The largest absolute Gasteiger partial charge is 0.351 e. The van der Waals surface area contributed by atoms with Gasteiger partial charge in [0.1, 0.15) is 6.04 Å². The summed E-state index contributed by atoms with van der Waals surface area (Å²) in [5.41, 5.74) is 3.87. The van der Waals surface area contributed by atoms with Gasteiger partial charge in [-0.3, -0.25) is 0 Å². The summed E-state index contributed by atoms with van der Waals surface area (Å²) >= 11 is 7.29. The van der Waals surface area contributed by atoms with Crippen molar-refractivity contribution in [3.63, 3.8) is 0 Å². The third-order valence-corrected chi connectivity index (χ3v) is 2.54. The van der Waals surface area contributed by atoms with Crippen molar-refractivity contribution in [3.8, 4) is 0 Å². The summed E-state index contributed by atoms with van der Waals surface area (Å²) in [5.74, 6) is 0. The molecule has 0 saturated heterocycles. The van der Waals surface area contributed by atoms with Crippen LogP contribution in [-0.2, 0) is 0 Å². The van der Waals surface area contributed by atoms with Crippen LogP contribution in [0.1, 0.15) is 17.8 Å². The van der Waals surface area contributed by atoms with Gasteiger partial charge in [-0.05, 0) is 19.1 Å². The van der Waals surface area contributed by atoms with Crippen molar-refractivity contribution in [2.24, 2.45) is 0 Å². The van der Waals surface area contributed by atoms with E-state index in [0.29, 0.717) is 6.04 Å². The van der Waals surface area contributed by atoms with Crippen LogP contribution in [0.5, 0.6) is 0 Å². The van der Waals surface area contributed by atoms with E-state index in [1.54, 1.807) is 11.3 Å². The molecule has 0 aliphatic heterocycles. The normalized spacial score (nSPS) is 13.7. The molecule has 0 aliphatic carbocycles. The molecule has 0 amide bonds. The summed E-state index contributed by atoms with van der Waals surface area (Å²) in [6.45, 7) is 2.06. The van der Waals surface area contributed by atoms with Gasteiger partial charge in [0.05, 0.1) is 9.21 Å². The first-order valence-electron chi connectivity index (χ1n) is 2.78. The summed E-state index contributed by atoms with van der Waals surface area (Å²) in [5, 5.41) is 0. The zero-order chi connectivity index (χ0) is 6.85. The number of halogens is 1. The standard InChI is InChI=1S/C6H8ClNS/c1-4(8)5-2-3-6(7)9-5/h2-4H,8H2,1H3/p+1/t4-/m0/s1. The van der Waals surface area contributed by atoms with E-state index in [9.17, 15) is 0 Å². The van der Waals surface area contributed by atoms with Crippen LogP contribution in [0.15, 0.2) is 12.1 Å². The maximum absolute atomic E-state index is 5.70. The minimum Gasteiger partial charge on any atom is -0.351 e. The molecular formula is C6H9ClNS+. The molecule has 3 heteroatoms. The number of rotatable bonds is 1. The molecule has 0 fully saturated rings. The zero-order valence-electron chi connectivity index (χ0n) is 5.23. The Bertz CT molecular complexity index is 195. The predicted molar refractivity (Wildman–Crippen MR) is 40.6 cm³/mol. The summed E-state index contributed by atoms with van der Waals surface area (Å²) in [6, 6.07) is 4.29. The third-order valence-electron chi connectivity index (χ3n) is 1.08. The predicted octanol–water partition coefficient (Wildman–Crippen LogP) is 1.70. The van der Waals surface area contributed by atoms with Crippen LogP contribution < -0.4 is 5.73 Å². The van der Waals surface area contributed by atoms with Crippen LogP contribution in [0.3, 0.4) is 0 Å². The molecule has 0 radical (unpaired) electrons. The molecular weight excluding hydrogens is 154 g/mol. The maximum atomic E-state index is 5.70. The Morgan fingerprint density at radius 2 is 2.33 bits per heavy atom. The van der Waals surface area contributed by atoms with Crippen molar-refractivity contribution < 1.29 is 5.73 Å². The second-order valence-corrected chi connectivity index (χ2v) is 3.79. The molecule has 0 aliphatic rings. The lowest BCUT2D eigenvalue weighted by Crippen LogP contribution is -2.51. The minimum absolute atomic E-state index is 0.363. The van der Waals surface area contributed by atoms with E-state index in [-0.39, 0.29) is 0 Å². The summed E-state index contributed by atoms with van der Waals surface area (Å²) in [7, 11) is 0. The number of quaternary nitrogens is 1. The Morgan fingerprint density at radius 1 is 1.67 bits per heavy atom. The van der Waals surface area contributed by atoms with E-state index in [1.165, 1.54) is 4.88 Å². The molecule has 0 bridgehead atoms. The van der Waals surface area contributed by atoms with Gasteiger partial charge in [0.15, 0.2) is 0 Å². The molecule has 1 aromatic heterocycles. The molecule has 1 aromatic rings. The van der Waals surface area contributed by atoms with Crippen LogP contribution in [0.4, 0.5) is 0 Å². The summed E-state index contributed by atoms with van der Waals surface area (Å²) < 4.78 is 0.848. The lowest BCUT2D eigenvalue weighted by atomic mass is 10.3. The van der Waals surface area contributed by atoms with Crippen molar-refractivity contribution in [2.45, 2.75) is 13.0 Å². The Hall–Kier alpha value is -0.0500. The van der Waals surface area contributed by atoms with Crippen LogP contribution in [0, 0.1) is 0 Å². The first kappa shape index (κ1) is 7.06. The number of hydrogen-bond donors (Lipinski definition) is 1. The molecule has 0 aromatic carbocycles. The lowest BCUT2D eigenvalue weighted by Gasteiger charge is -1.92. The van der Waals surface area contributed by atoms with Gasteiger partial charge in [-0.25, -0.2) is 0 Å². The highest BCUT2D eigenvalue weighted by atomic mass is 35.5. The van der Waals surface area contributed by atoms with Gasteiger partial charge in [0, 0.05) is 0 Å². The molecule has 50 valence electrons. The fourth-order valence-corrected chi connectivity index (χ4v) is 1.62. The van der Waals surface area contributed by atoms with Gasteiger partial charge in [0.25, 0.3) is 0 Å². The molecule has 3 N–H and O–H groups in total. The lowest BCUT2D eigenvalue weighted by molar-refractivity contribution is -0.419. The van der Waals surface area contributed by atoms with E-state index in [0.717, 1.165) is 4.34 Å². The first-order chi connectivity index (χ1) is 4.20. The highest BCUT2D eigenvalue weighted by molar-refractivity contribution is 7.16. The Kier molecular flexibility index (Phi) is 2.11. The van der Waals surface area contributed by atoms with Gasteiger partial charge in [-0.1, -0.05) is 11.6 Å².